The Labute approximate surface area is 206 Å². The molecule has 2 heterocycles. The molecule has 0 spiro atoms. The van der Waals surface area contributed by atoms with E-state index in [0.29, 0.717) is 42.1 Å². The summed E-state index contributed by atoms with van der Waals surface area (Å²) in [5.74, 6) is -2.07. The van der Waals surface area contributed by atoms with Gasteiger partial charge in [0.05, 0.1) is 11.3 Å². The highest BCUT2D eigenvalue weighted by Crippen LogP contribution is 2.31. The summed E-state index contributed by atoms with van der Waals surface area (Å²) in [6.45, 7) is 0.808. The Kier molecular flexibility index (Phi) is 8.11. The normalized spacial score (nSPS) is 18.4. The molecule has 0 unspecified atom stereocenters. The lowest BCUT2D eigenvalue weighted by atomic mass is 10.1. The largest absolute Gasteiger partial charge is 0.382 e. The van der Waals surface area contributed by atoms with E-state index in [4.69, 9.17) is 5.73 Å². The van der Waals surface area contributed by atoms with Crippen LogP contribution < -0.4 is 11.1 Å². The van der Waals surface area contributed by atoms with E-state index in [-0.39, 0.29) is 22.5 Å². The van der Waals surface area contributed by atoms with E-state index in [0.717, 1.165) is 23.5 Å². The van der Waals surface area contributed by atoms with Crippen molar-refractivity contribution in [3.05, 3.63) is 40.3 Å². The first-order valence-electron chi connectivity index (χ1n) is 11.4. The number of thioether (sulfide) groups is 1. The summed E-state index contributed by atoms with van der Waals surface area (Å²) in [4.78, 5) is 16.8. The second-order valence-electron chi connectivity index (χ2n) is 8.57. The number of rotatable bonds is 9. The van der Waals surface area contributed by atoms with Gasteiger partial charge in [0.1, 0.15) is 22.3 Å². The Bertz CT molecular complexity index is 1110. The van der Waals surface area contributed by atoms with E-state index in [9.17, 15) is 22.0 Å². The minimum atomic E-state index is -3.29. The Hall–Kier alpha value is -1.76. The fourth-order valence-electron chi connectivity index (χ4n) is 4.34. The van der Waals surface area contributed by atoms with Crippen LogP contribution in [0.4, 0.5) is 19.7 Å². The number of hydrogen-bond donors (Lipinski definition) is 2. The summed E-state index contributed by atoms with van der Waals surface area (Å²) in [5, 5.41) is 4.16. The Morgan fingerprint density at radius 3 is 2.47 bits per heavy atom. The quantitative estimate of drug-likeness (QED) is 0.470. The molecule has 0 radical (unpaired) electrons. The van der Waals surface area contributed by atoms with Crippen LogP contribution in [0.5, 0.6) is 0 Å². The van der Waals surface area contributed by atoms with Gasteiger partial charge in [-0.3, -0.25) is 4.79 Å². The van der Waals surface area contributed by atoms with Gasteiger partial charge in [0.25, 0.3) is 0 Å². The van der Waals surface area contributed by atoms with E-state index >= 15 is 0 Å². The Balaban J connectivity index is 1.31. The standard InChI is InChI=1S/C22H28F2N4O3S3/c23-16-6-3-7-17(24)18(16)19(29)20-21(25)27-22(33-20)26-14-8-10-28(11-9-14)34(30,31)13-12-32-15-4-1-2-5-15/h3,6-7,14-15H,1-2,4-5,8-13,25H2,(H,26,27). The lowest BCUT2D eigenvalue weighted by molar-refractivity contribution is 0.103. The van der Waals surface area contributed by atoms with Gasteiger partial charge < -0.3 is 11.1 Å². The van der Waals surface area contributed by atoms with Gasteiger partial charge in [0.15, 0.2) is 5.13 Å². The van der Waals surface area contributed by atoms with Crippen molar-refractivity contribution in [2.45, 2.75) is 49.8 Å². The summed E-state index contributed by atoms with van der Waals surface area (Å²) < 4.78 is 55.0. The molecule has 4 rings (SSSR count). The van der Waals surface area contributed by atoms with Gasteiger partial charge in [0.2, 0.25) is 15.8 Å². The number of anilines is 2. The van der Waals surface area contributed by atoms with Crippen molar-refractivity contribution in [3.63, 3.8) is 0 Å². The fraction of sp³-hybridized carbons (Fsp3) is 0.545. The summed E-state index contributed by atoms with van der Waals surface area (Å²) in [6.07, 6.45) is 6.02. The molecule has 1 saturated heterocycles. The summed E-state index contributed by atoms with van der Waals surface area (Å²) >= 11 is 2.71. The maximum absolute atomic E-state index is 14.0. The molecule has 34 heavy (non-hydrogen) atoms. The summed E-state index contributed by atoms with van der Waals surface area (Å²) in [7, 11) is -3.29. The number of aromatic nitrogens is 1. The molecule has 12 heteroatoms. The molecular weight excluding hydrogens is 502 g/mol. The van der Waals surface area contributed by atoms with E-state index in [1.54, 1.807) is 16.1 Å². The lowest BCUT2D eigenvalue weighted by Crippen LogP contribution is -2.43. The number of nitrogen functional groups attached to an aromatic ring is 1. The monoisotopic (exact) mass is 530 g/mol. The number of sulfonamides is 1. The molecule has 1 aliphatic carbocycles. The molecule has 186 valence electrons. The minimum absolute atomic E-state index is 0.0359. The predicted molar refractivity (Wildman–Crippen MR) is 133 cm³/mol. The van der Waals surface area contributed by atoms with E-state index in [2.05, 4.69) is 10.3 Å². The number of benzene rings is 1. The molecule has 1 aromatic carbocycles. The van der Waals surface area contributed by atoms with Crippen molar-refractivity contribution in [1.29, 1.82) is 0 Å². The minimum Gasteiger partial charge on any atom is -0.382 e. The Morgan fingerprint density at radius 1 is 1.18 bits per heavy atom. The lowest BCUT2D eigenvalue weighted by Gasteiger charge is -2.31. The van der Waals surface area contributed by atoms with Crippen LogP contribution in [0.25, 0.3) is 0 Å². The van der Waals surface area contributed by atoms with Crippen molar-refractivity contribution in [2.75, 3.05) is 35.6 Å². The zero-order chi connectivity index (χ0) is 24.3. The SMILES string of the molecule is Nc1nc(NC2CCN(S(=O)(=O)CCSC3CCCC3)CC2)sc1C(=O)c1c(F)cccc1F. The third-order valence-electron chi connectivity index (χ3n) is 6.22. The van der Waals surface area contributed by atoms with Gasteiger partial charge in [-0.15, -0.1) is 0 Å². The molecule has 0 atom stereocenters. The highest BCUT2D eigenvalue weighted by molar-refractivity contribution is 8.01. The first-order chi connectivity index (χ1) is 16.2. The summed E-state index contributed by atoms with van der Waals surface area (Å²) in [6, 6.07) is 3.17. The molecule has 3 N–H and O–H groups in total. The van der Waals surface area contributed by atoms with Crippen molar-refractivity contribution in [1.82, 2.24) is 9.29 Å². The maximum atomic E-state index is 14.0. The van der Waals surface area contributed by atoms with Gasteiger partial charge in [-0.2, -0.15) is 11.8 Å². The van der Waals surface area contributed by atoms with Crippen LogP contribution in [0.15, 0.2) is 18.2 Å². The van der Waals surface area contributed by atoms with Crippen LogP contribution in [0.2, 0.25) is 0 Å². The topological polar surface area (TPSA) is 105 Å². The molecular formula is C22H28F2N4O3S3. The molecule has 1 saturated carbocycles. The molecule has 0 bridgehead atoms. The number of thiazole rings is 1. The smallest absolute Gasteiger partial charge is 0.214 e. The molecule has 2 fully saturated rings. The number of nitrogens with one attached hydrogen (secondary N) is 1. The molecule has 1 aliphatic heterocycles. The highest BCUT2D eigenvalue weighted by atomic mass is 32.2. The van der Waals surface area contributed by atoms with E-state index in [1.807, 2.05) is 0 Å². The van der Waals surface area contributed by atoms with Crippen LogP contribution in [0.3, 0.4) is 0 Å². The van der Waals surface area contributed by atoms with Gasteiger partial charge in [-0.05, 0) is 37.8 Å². The van der Waals surface area contributed by atoms with E-state index < -0.39 is 33.0 Å². The highest BCUT2D eigenvalue weighted by Gasteiger charge is 2.30. The van der Waals surface area contributed by atoms with Gasteiger partial charge in [0, 0.05) is 30.1 Å². The number of halogens is 2. The van der Waals surface area contributed by atoms with Crippen LogP contribution in [-0.2, 0) is 10.0 Å². The first-order valence-corrected chi connectivity index (χ1v) is 14.8. The zero-order valence-corrected chi connectivity index (χ0v) is 21.1. The number of nitrogens with two attached hydrogens (primary N) is 1. The second kappa shape index (κ2) is 10.9. The number of carbonyl (C=O) groups is 1. The predicted octanol–water partition coefficient (Wildman–Crippen LogP) is 4.12. The van der Waals surface area contributed by atoms with Crippen molar-refractivity contribution < 1.29 is 22.0 Å². The molecule has 1 aromatic heterocycles. The van der Waals surface area contributed by atoms with Gasteiger partial charge >= 0.3 is 0 Å². The van der Waals surface area contributed by atoms with Gasteiger partial charge in [-0.1, -0.05) is 30.2 Å². The first kappa shape index (κ1) is 25.3. The van der Waals surface area contributed by atoms with Crippen LogP contribution >= 0.6 is 23.1 Å². The third-order valence-corrected chi connectivity index (χ3v) is 10.7. The number of nitrogens with zero attached hydrogens (tertiary/aromatic N) is 2. The molecule has 7 nitrogen and oxygen atoms in total. The molecule has 0 amide bonds. The van der Waals surface area contributed by atoms with Crippen molar-refractivity contribution in [3.8, 4) is 0 Å². The van der Waals surface area contributed by atoms with Crippen LogP contribution in [0.1, 0.15) is 53.8 Å². The van der Waals surface area contributed by atoms with Crippen molar-refractivity contribution in [2.24, 2.45) is 0 Å². The van der Waals surface area contributed by atoms with Crippen LogP contribution in [0, 0.1) is 11.6 Å². The Morgan fingerprint density at radius 2 is 1.82 bits per heavy atom. The number of carbonyl (C=O) groups excluding carboxylic acids is 1. The van der Waals surface area contributed by atoms with Crippen molar-refractivity contribution >= 4 is 49.9 Å². The second-order valence-corrected chi connectivity index (χ2v) is 13.1. The summed E-state index contributed by atoms with van der Waals surface area (Å²) in [5.41, 5.74) is 5.20. The molecule has 2 aromatic rings. The number of hydrogen-bond acceptors (Lipinski definition) is 8. The molecule has 2 aliphatic rings. The zero-order valence-electron chi connectivity index (χ0n) is 18.6. The third kappa shape index (κ3) is 5.89. The van der Waals surface area contributed by atoms with Crippen LogP contribution in [-0.4, -0.2) is 59.4 Å². The number of piperidine rings is 1. The average molecular weight is 531 g/mol. The average Bonchev–Trinajstić information content (AvgIpc) is 3.43. The van der Waals surface area contributed by atoms with E-state index in [1.165, 1.54) is 31.7 Å². The van der Waals surface area contributed by atoms with Gasteiger partial charge in [-0.25, -0.2) is 26.5 Å². The fourth-order valence-corrected chi connectivity index (χ4v) is 8.50. The maximum Gasteiger partial charge on any atom is 0.214 e. The number of ketones is 1.